The molecular weight excluding hydrogens is 354 g/mol. The third-order valence-electron chi connectivity index (χ3n) is 4.33. The highest BCUT2D eigenvalue weighted by molar-refractivity contribution is 6.08. The van der Waals surface area contributed by atoms with Crippen LogP contribution in [0.4, 0.5) is 17.1 Å². The standard InChI is InChI=1S/C22H21N3O3/c1-14-7-6-8-15(2)20(14)24-17-11-16(12-23-13-17)21(26)25-19-10-5-4-9-18(19)22(27)28-3/h4-13,24H,1-3H3,(H,25,26). The lowest BCUT2D eigenvalue weighted by molar-refractivity contribution is 0.0602. The number of methoxy groups -OCH3 is 1. The van der Waals surface area contributed by atoms with Crippen LogP contribution in [0.15, 0.2) is 60.9 Å². The monoisotopic (exact) mass is 375 g/mol. The molecule has 2 aromatic carbocycles. The number of carbonyl (C=O) groups excluding carboxylic acids is 2. The van der Waals surface area contributed by atoms with E-state index in [2.05, 4.69) is 15.6 Å². The van der Waals surface area contributed by atoms with Crippen molar-refractivity contribution in [1.29, 1.82) is 0 Å². The molecule has 0 radical (unpaired) electrons. The van der Waals surface area contributed by atoms with Crippen molar-refractivity contribution >= 4 is 28.9 Å². The van der Waals surface area contributed by atoms with Crippen molar-refractivity contribution < 1.29 is 14.3 Å². The van der Waals surface area contributed by atoms with Gasteiger partial charge in [-0.15, -0.1) is 0 Å². The van der Waals surface area contributed by atoms with Gasteiger partial charge in [-0.2, -0.15) is 0 Å². The number of ether oxygens (including phenoxy) is 1. The molecule has 0 aliphatic heterocycles. The molecule has 6 nitrogen and oxygen atoms in total. The summed E-state index contributed by atoms with van der Waals surface area (Å²) in [6.45, 7) is 4.03. The van der Waals surface area contributed by atoms with Crippen LogP contribution in [-0.4, -0.2) is 24.0 Å². The molecule has 0 spiro atoms. The second kappa shape index (κ2) is 8.35. The zero-order valence-corrected chi connectivity index (χ0v) is 15.9. The first kappa shape index (κ1) is 19.1. The van der Waals surface area contributed by atoms with Crippen molar-refractivity contribution in [2.45, 2.75) is 13.8 Å². The van der Waals surface area contributed by atoms with Gasteiger partial charge in [-0.1, -0.05) is 30.3 Å². The number of nitrogens with one attached hydrogen (secondary N) is 2. The first-order valence-electron chi connectivity index (χ1n) is 8.76. The average Bonchev–Trinajstić information content (AvgIpc) is 2.71. The van der Waals surface area contributed by atoms with Crippen LogP contribution in [0, 0.1) is 13.8 Å². The highest BCUT2D eigenvalue weighted by Crippen LogP contribution is 2.24. The van der Waals surface area contributed by atoms with Gasteiger partial charge < -0.3 is 15.4 Å². The summed E-state index contributed by atoms with van der Waals surface area (Å²) in [5.41, 5.74) is 4.92. The van der Waals surface area contributed by atoms with Gasteiger partial charge >= 0.3 is 5.97 Å². The van der Waals surface area contributed by atoms with E-state index < -0.39 is 5.97 Å². The Labute approximate surface area is 163 Å². The van der Waals surface area contributed by atoms with Gasteiger partial charge in [-0.25, -0.2) is 4.79 Å². The molecular formula is C22H21N3O3. The van der Waals surface area contributed by atoms with Crippen LogP contribution in [-0.2, 0) is 4.74 Å². The van der Waals surface area contributed by atoms with E-state index in [1.807, 2.05) is 32.0 Å². The molecule has 0 saturated carbocycles. The minimum absolute atomic E-state index is 0.288. The maximum Gasteiger partial charge on any atom is 0.339 e. The summed E-state index contributed by atoms with van der Waals surface area (Å²) in [5.74, 6) is -0.881. The lowest BCUT2D eigenvalue weighted by Gasteiger charge is -2.13. The number of rotatable bonds is 5. The summed E-state index contributed by atoms with van der Waals surface area (Å²) in [5, 5.41) is 6.07. The fourth-order valence-corrected chi connectivity index (χ4v) is 2.86. The topological polar surface area (TPSA) is 80.3 Å². The molecule has 1 heterocycles. The molecule has 28 heavy (non-hydrogen) atoms. The van der Waals surface area contributed by atoms with Gasteiger partial charge in [0.05, 0.1) is 35.8 Å². The summed E-state index contributed by atoms with van der Waals surface area (Å²) in [7, 11) is 1.30. The van der Waals surface area contributed by atoms with E-state index in [9.17, 15) is 9.59 Å². The summed E-state index contributed by atoms with van der Waals surface area (Å²) < 4.78 is 4.76. The molecule has 142 valence electrons. The van der Waals surface area contributed by atoms with Crippen LogP contribution in [0.5, 0.6) is 0 Å². The Bertz CT molecular complexity index is 1010. The first-order chi connectivity index (χ1) is 13.5. The smallest absolute Gasteiger partial charge is 0.339 e. The summed E-state index contributed by atoms with van der Waals surface area (Å²) in [6.07, 6.45) is 3.14. The van der Waals surface area contributed by atoms with Gasteiger partial charge in [-0.05, 0) is 43.2 Å². The zero-order valence-electron chi connectivity index (χ0n) is 15.9. The van der Waals surface area contributed by atoms with Gasteiger partial charge in [0.25, 0.3) is 5.91 Å². The maximum atomic E-state index is 12.7. The Balaban J connectivity index is 1.83. The van der Waals surface area contributed by atoms with E-state index in [0.29, 0.717) is 16.9 Å². The van der Waals surface area contributed by atoms with Crippen LogP contribution in [0.3, 0.4) is 0 Å². The average molecular weight is 375 g/mol. The van der Waals surface area contributed by atoms with E-state index in [4.69, 9.17) is 4.74 Å². The minimum atomic E-state index is -0.514. The largest absolute Gasteiger partial charge is 0.465 e. The molecule has 6 heteroatoms. The molecule has 2 N–H and O–H groups in total. The van der Waals surface area contributed by atoms with Crippen LogP contribution in [0.1, 0.15) is 31.8 Å². The maximum absolute atomic E-state index is 12.7. The van der Waals surface area contributed by atoms with Crippen molar-refractivity contribution in [1.82, 2.24) is 4.98 Å². The number of nitrogens with zero attached hydrogens (tertiary/aromatic N) is 1. The lowest BCUT2D eigenvalue weighted by atomic mass is 10.1. The third kappa shape index (κ3) is 4.17. The van der Waals surface area contributed by atoms with Crippen molar-refractivity contribution in [2.75, 3.05) is 17.7 Å². The summed E-state index contributed by atoms with van der Waals surface area (Å²) >= 11 is 0. The Morgan fingerprint density at radius 2 is 1.68 bits per heavy atom. The molecule has 0 atom stereocenters. The quantitative estimate of drug-likeness (QED) is 0.643. The number of hydrogen-bond donors (Lipinski definition) is 2. The SMILES string of the molecule is COC(=O)c1ccccc1NC(=O)c1cncc(Nc2c(C)cccc2C)c1. The molecule has 1 amide bonds. The molecule has 0 aliphatic carbocycles. The number of aryl methyl sites for hydroxylation is 2. The number of aromatic nitrogens is 1. The number of esters is 1. The highest BCUT2D eigenvalue weighted by Gasteiger charge is 2.15. The van der Waals surface area contributed by atoms with Gasteiger partial charge in [0.2, 0.25) is 0 Å². The molecule has 3 rings (SSSR count). The Morgan fingerprint density at radius 1 is 0.964 bits per heavy atom. The number of amides is 1. The van der Waals surface area contributed by atoms with Gasteiger partial charge in [0.1, 0.15) is 0 Å². The number of para-hydroxylation sites is 2. The predicted molar refractivity (Wildman–Crippen MR) is 109 cm³/mol. The second-order valence-corrected chi connectivity index (χ2v) is 6.35. The minimum Gasteiger partial charge on any atom is -0.465 e. The predicted octanol–water partition coefficient (Wildman–Crippen LogP) is 4.48. The normalized spacial score (nSPS) is 10.2. The third-order valence-corrected chi connectivity index (χ3v) is 4.33. The van der Waals surface area contributed by atoms with Crippen molar-refractivity contribution in [3.63, 3.8) is 0 Å². The van der Waals surface area contributed by atoms with Crippen molar-refractivity contribution in [3.05, 3.63) is 83.2 Å². The van der Waals surface area contributed by atoms with Crippen LogP contribution in [0.25, 0.3) is 0 Å². The fourth-order valence-electron chi connectivity index (χ4n) is 2.86. The van der Waals surface area contributed by atoms with E-state index in [1.165, 1.54) is 13.3 Å². The van der Waals surface area contributed by atoms with Crippen molar-refractivity contribution in [3.8, 4) is 0 Å². The number of hydrogen-bond acceptors (Lipinski definition) is 5. The molecule has 0 bridgehead atoms. The van der Waals surface area contributed by atoms with Crippen LogP contribution < -0.4 is 10.6 Å². The van der Waals surface area contributed by atoms with Crippen LogP contribution in [0.2, 0.25) is 0 Å². The van der Waals surface area contributed by atoms with E-state index in [0.717, 1.165) is 16.8 Å². The molecule has 1 aromatic heterocycles. The van der Waals surface area contributed by atoms with E-state index >= 15 is 0 Å². The van der Waals surface area contributed by atoms with Gasteiger partial charge in [0.15, 0.2) is 0 Å². The molecule has 0 fully saturated rings. The number of benzene rings is 2. The van der Waals surface area contributed by atoms with Crippen molar-refractivity contribution in [2.24, 2.45) is 0 Å². The first-order valence-corrected chi connectivity index (χ1v) is 8.76. The molecule has 3 aromatic rings. The second-order valence-electron chi connectivity index (χ2n) is 6.35. The molecule has 0 saturated heterocycles. The van der Waals surface area contributed by atoms with E-state index in [1.54, 1.807) is 36.5 Å². The fraction of sp³-hybridized carbons (Fsp3) is 0.136. The molecule has 0 unspecified atom stereocenters. The van der Waals surface area contributed by atoms with Crippen LogP contribution >= 0.6 is 0 Å². The van der Waals surface area contributed by atoms with E-state index in [-0.39, 0.29) is 11.5 Å². The zero-order chi connectivity index (χ0) is 20.1. The number of pyridine rings is 1. The Kier molecular flexibility index (Phi) is 5.69. The number of carbonyl (C=O) groups is 2. The van der Waals surface area contributed by atoms with Gasteiger partial charge in [-0.3, -0.25) is 9.78 Å². The van der Waals surface area contributed by atoms with Gasteiger partial charge in [0, 0.05) is 11.9 Å². The lowest BCUT2D eigenvalue weighted by Crippen LogP contribution is -2.15. The Morgan fingerprint density at radius 3 is 2.39 bits per heavy atom. The highest BCUT2D eigenvalue weighted by atomic mass is 16.5. The number of anilines is 3. The summed E-state index contributed by atoms with van der Waals surface area (Å²) in [6, 6.07) is 14.4. The summed E-state index contributed by atoms with van der Waals surface area (Å²) in [4.78, 5) is 28.7. The molecule has 0 aliphatic rings. The Hall–Kier alpha value is -3.67.